The average Bonchev–Trinajstić information content (AvgIpc) is 2.51. The van der Waals surface area contributed by atoms with Gasteiger partial charge in [-0.1, -0.05) is 29.8 Å². The van der Waals surface area contributed by atoms with Crippen LogP contribution in [0.2, 0.25) is 5.02 Å². The number of hydrogen-bond donors (Lipinski definition) is 2. The van der Waals surface area contributed by atoms with Gasteiger partial charge in [-0.2, -0.15) is 5.26 Å². The highest BCUT2D eigenvalue weighted by atomic mass is 35.5. The van der Waals surface area contributed by atoms with Crippen molar-refractivity contribution in [2.45, 2.75) is 4.90 Å². The first-order valence-electron chi connectivity index (χ1n) is 6.33. The number of nitrogens with zero attached hydrogens (tertiary/aromatic N) is 1. The zero-order valence-corrected chi connectivity index (χ0v) is 13.0. The molecule has 110 valence electrons. The fourth-order valence-electron chi connectivity index (χ4n) is 1.64. The monoisotopic (exact) mass is 329 g/mol. The van der Waals surface area contributed by atoms with Gasteiger partial charge in [-0.25, -0.2) is 4.79 Å². The first-order valence-corrected chi connectivity index (χ1v) is 7.53. The lowest BCUT2D eigenvalue weighted by atomic mass is 10.2. The molecule has 0 aromatic heterocycles. The first-order chi connectivity index (χ1) is 10.7. The van der Waals surface area contributed by atoms with Crippen LogP contribution in [0.15, 0.2) is 59.6 Å². The largest absolute Gasteiger partial charge is 0.323 e. The van der Waals surface area contributed by atoms with E-state index in [1.807, 2.05) is 23.6 Å². The summed E-state index contributed by atoms with van der Waals surface area (Å²) in [6, 6.07) is 14.0. The lowest BCUT2D eigenvalue weighted by Gasteiger charge is -2.05. The fraction of sp³-hybridized carbons (Fsp3) is 0. The Morgan fingerprint density at radius 1 is 1.18 bits per heavy atom. The number of thioether (sulfide) groups is 1. The minimum absolute atomic E-state index is 0.357. The number of nitrogens with one attached hydrogen (secondary N) is 2. The topological polar surface area (TPSA) is 64.9 Å². The number of thiocyanates is 1. The molecule has 2 rings (SSSR count). The molecular weight excluding hydrogens is 318 g/mol. The van der Waals surface area contributed by atoms with Crippen LogP contribution >= 0.6 is 23.4 Å². The lowest BCUT2D eigenvalue weighted by Crippen LogP contribution is -2.23. The predicted molar refractivity (Wildman–Crippen MR) is 90.6 cm³/mol. The molecule has 0 spiro atoms. The zero-order valence-electron chi connectivity index (χ0n) is 11.4. The Bertz CT molecular complexity index is 723. The van der Waals surface area contributed by atoms with Crippen LogP contribution in [0.1, 0.15) is 5.56 Å². The Balaban J connectivity index is 1.88. The summed E-state index contributed by atoms with van der Waals surface area (Å²) in [7, 11) is 0. The fourth-order valence-corrected chi connectivity index (χ4v) is 2.22. The van der Waals surface area contributed by atoms with Gasteiger partial charge in [0.2, 0.25) is 0 Å². The molecule has 0 fully saturated rings. The SMILES string of the molecule is N#CSc1ccc(NC(=O)N/C=C/c2ccccc2Cl)cc1. The van der Waals surface area contributed by atoms with Gasteiger partial charge in [0, 0.05) is 21.8 Å². The molecule has 2 aromatic rings. The Kier molecular flexibility index (Phi) is 5.90. The summed E-state index contributed by atoms with van der Waals surface area (Å²) in [6.07, 6.45) is 3.24. The van der Waals surface area contributed by atoms with Gasteiger partial charge in [-0.3, -0.25) is 0 Å². The Hall–Kier alpha value is -2.42. The molecule has 2 aromatic carbocycles. The molecule has 0 aliphatic rings. The van der Waals surface area contributed by atoms with Crippen LogP contribution in [0, 0.1) is 10.7 Å². The van der Waals surface area contributed by atoms with Gasteiger partial charge in [-0.15, -0.1) is 0 Å². The van der Waals surface area contributed by atoms with Crippen LogP contribution in [0.5, 0.6) is 0 Å². The highest BCUT2D eigenvalue weighted by molar-refractivity contribution is 8.03. The van der Waals surface area contributed by atoms with Crippen LogP contribution in [0.25, 0.3) is 6.08 Å². The highest BCUT2D eigenvalue weighted by Crippen LogP contribution is 2.19. The second kappa shape index (κ2) is 8.13. The summed E-state index contributed by atoms with van der Waals surface area (Å²) in [5.41, 5.74) is 1.47. The number of benzene rings is 2. The van der Waals surface area contributed by atoms with Crippen molar-refractivity contribution in [1.82, 2.24) is 5.32 Å². The minimum Gasteiger partial charge on any atom is -0.314 e. The van der Waals surface area contributed by atoms with Crippen LogP contribution in [0.4, 0.5) is 10.5 Å². The van der Waals surface area contributed by atoms with E-state index >= 15 is 0 Å². The first kappa shape index (κ1) is 16.0. The lowest BCUT2D eigenvalue weighted by molar-refractivity contribution is 0.255. The number of carbonyl (C=O) groups is 1. The van der Waals surface area contributed by atoms with Gasteiger partial charge < -0.3 is 10.6 Å². The van der Waals surface area contributed by atoms with E-state index in [1.54, 1.807) is 36.4 Å². The predicted octanol–water partition coefficient (Wildman–Crippen LogP) is 4.71. The number of carbonyl (C=O) groups excluding carboxylic acids is 1. The Morgan fingerprint density at radius 2 is 1.91 bits per heavy atom. The number of amides is 2. The standard InChI is InChI=1S/C16H12ClN3OS/c17-15-4-2-1-3-12(15)9-10-19-16(21)20-13-5-7-14(8-6-13)22-11-18/h1-10H,(H2,19,20,21)/b10-9+. The van der Waals surface area contributed by atoms with Crippen molar-refractivity contribution < 1.29 is 4.79 Å². The zero-order chi connectivity index (χ0) is 15.8. The molecule has 0 saturated carbocycles. The molecule has 0 aliphatic heterocycles. The smallest absolute Gasteiger partial charge is 0.314 e. The van der Waals surface area contributed by atoms with E-state index in [4.69, 9.17) is 16.9 Å². The summed E-state index contributed by atoms with van der Waals surface area (Å²) in [5, 5.41) is 16.5. The van der Waals surface area contributed by atoms with Gasteiger partial charge in [0.05, 0.1) is 0 Å². The summed E-state index contributed by atoms with van der Waals surface area (Å²) < 4.78 is 0. The summed E-state index contributed by atoms with van der Waals surface area (Å²) in [5.74, 6) is 0. The van der Waals surface area contributed by atoms with Crippen LogP contribution in [-0.4, -0.2) is 6.03 Å². The van der Waals surface area contributed by atoms with Crippen LogP contribution in [-0.2, 0) is 0 Å². The molecular formula is C16H12ClN3OS. The summed E-state index contributed by atoms with van der Waals surface area (Å²) in [4.78, 5) is 12.6. The third-order valence-corrected chi connectivity index (χ3v) is 3.60. The van der Waals surface area contributed by atoms with Gasteiger partial charge in [0.25, 0.3) is 0 Å². The van der Waals surface area contributed by atoms with E-state index < -0.39 is 0 Å². The van der Waals surface area contributed by atoms with Crippen molar-refractivity contribution in [3.63, 3.8) is 0 Å². The second-order valence-corrected chi connectivity index (χ2v) is 5.44. The van der Waals surface area contributed by atoms with E-state index in [0.29, 0.717) is 10.7 Å². The third kappa shape index (κ3) is 4.85. The molecule has 6 heteroatoms. The molecule has 0 bridgehead atoms. The Labute approximate surface area is 137 Å². The molecule has 0 atom stereocenters. The van der Waals surface area contributed by atoms with E-state index in [-0.39, 0.29) is 6.03 Å². The number of nitriles is 1. The number of anilines is 1. The summed E-state index contributed by atoms with van der Waals surface area (Å²) >= 11 is 7.07. The number of halogens is 1. The van der Waals surface area contributed by atoms with Crippen molar-refractivity contribution in [3.05, 3.63) is 65.3 Å². The Morgan fingerprint density at radius 3 is 2.59 bits per heavy atom. The molecule has 2 amide bonds. The minimum atomic E-state index is -0.357. The van der Waals surface area contributed by atoms with Crippen molar-refractivity contribution in [1.29, 1.82) is 5.26 Å². The van der Waals surface area contributed by atoms with E-state index in [2.05, 4.69) is 10.6 Å². The molecule has 0 saturated heterocycles. The van der Waals surface area contributed by atoms with Crippen LogP contribution < -0.4 is 10.6 Å². The van der Waals surface area contributed by atoms with Crippen molar-refractivity contribution >= 4 is 41.2 Å². The van der Waals surface area contributed by atoms with Crippen molar-refractivity contribution in [3.8, 4) is 5.40 Å². The second-order valence-electron chi connectivity index (χ2n) is 4.17. The maximum absolute atomic E-state index is 11.7. The van der Waals surface area contributed by atoms with Gasteiger partial charge in [0.1, 0.15) is 5.40 Å². The van der Waals surface area contributed by atoms with E-state index in [9.17, 15) is 4.79 Å². The average molecular weight is 330 g/mol. The highest BCUT2D eigenvalue weighted by Gasteiger charge is 2.00. The maximum atomic E-state index is 11.7. The van der Waals surface area contributed by atoms with Crippen molar-refractivity contribution in [2.24, 2.45) is 0 Å². The number of urea groups is 1. The van der Waals surface area contributed by atoms with Gasteiger partial charge in [-0.05, 0) is 53.7 Å². The summed E-state index contributed by atoms with van der Waals surface area (Å²) in [6.45, 7) is 0. The van der Waals surface area contributed by atoms with E-state index in [1.165, 1.54) is 6.20 Å². The van der Waals surface area contributed by atoms with Gasteiger partial charge in [0.15, 0.2) is 0 Å². The third-order valence-electron chi connectivity index (χ3n) is 2.66. The normalized spacial score (nSPS) is 10.2. The van der Waals surface area contributed by atoms with E-state index in [0.717, 1.165) is 22.2 Å². The molecule has 0 aliphatic carbocycles. The van der Waals surface area contributed by atoms with Gasteiger partial charge >= 0.3 is 6.03 Å². The molecule has 22 heavy (non-hydrogen) atoms. The maximum Gasteiger partial charge on any atom is 0.323 e. The molecule has 4 nitrogen and oxygen atoms in total. The van der Waals surface area contributed by atoms with Crippen molar-refractivity contribution in [2.75, 3.05) is 5.32 Å². The molecule has 0 heterocycles. The quantitative estimate of drug-likeness (QED) is 0.631. The van der Waals surface area contributed by atoms with Crippen LogP contribution in [0.3, 0.4) is 0 Å². The number of hydrogen-bond acceptors (Lipinski definition) is 3. The number of rotatable bonds is 4. The molecule has 2 N–H and O–H groups in total. The molecule has 0 unspecified atom stereocenters. The molecule has 0 radical (unpaired) electrons.